The van der Waals surface area contributed by atoms with Gasteiger partial charge in [0.25, 0.3) is 5.69 Å². The summed E-state index contributed by atoms with van der Waals surface area (Å²) >= 11 is 0. The first-order valence-corrected chi connectivity index (χ1v) is 6.90. The molecule has 0 aliphatic carbocycles. The van der Waals surface area contributed by atoms with E-state index in [1.54, 1.807) is 4.90 Å². The first-order chi connectivity index (χ1) is 9.93. The van der Waals surface area contributed by atoms with Gasteiger partial charge in [-0.2, -0.15) is 0 Å². The van der Waals surface area contributed by atoms with Gasteiger partial charge in [0.15, 0.2) is 5.82 Å². The molecule has 114 valence electrons. The third-order valence-electron chi connectivity index (χ3n) is 3.93. The molecule has 1 N–H and O–H groups in total. The molecule has 0 spiro atoms. The maximum absolute atomic E-state index is 14.1. The van der Waals surface area contributed by atoms with Crippen molar-refractivity contribution in [2.75, 3.05) is 18.0 Å². The van der Waals surface area contributed by atoms with Crippen LogP contribution >= 0.6 is 0 Å². The van der Waals surface area contributed by atoms with Gasteiger partial charge in [0.1, 0.15) is 5.56 Å². The van der Waals surface area contributed by atoms with Gasteiger partial charge in [0.05, 0.1) is 16.7 Å². The van der Waals surface area contributed by atoms with E-state index in [1.165, 1.54) is 0 Å². The first-order valence-electron chi connectivity index (χ1n) is 6.90. The molecule has 0 radical (unpaired) electrons. The normalized spacial score (nSPS) is 18.6. The highest BCUT2D eigenvalue weighted by Crippen LogP contribution is 2.32. The van der Waals surface area contributed by atoms with E-state index in [1.807, 2.05) is 0 Å². The fourth-order valence-electron chi connectivity index (χ4n) is 2.73. The van der Waals surface area contributed by atoms with Gasteiger partial charge >= 0.3 is 5.97 Å². The first kappa shape index (κ1) is 15.2. The number of halogens is 1. The number of rotatable bonds is 4. The number of nitrogens with zero attached hydrogens (tertiary/aromatic N) is 2. The molecule has 6 nitrogen and oxygen atoms in total. The third kappa shape index (κ3) is 3.12. The average Bonchev–Trinajstić information content (AvgIpc) is 2.46. The SMILES string of the molecule is CCC1CCCN(c2cc(C(=O)O)c([N+](=O)[O-])cc2F)C1. The second-order valence-corrected chi connectivity index (χ2v) is 5.25. The summed E-state index contributed by atoms with van der Waals surface area (Å²) in [6.45, 7) is 3.33. The molecule has 1 fully saturated rings. The average molecular weight is 296 g/mol. The van der Waals surface area contributed by atoms with Crippen LogP contribution in [0.1, 0.15) is 36.5 Å². The van der Waals surface area contributed by atoms with E-state index in [9.17, 15) is 19.3 Å². The molecule has 1 saturated heterocycles. The molecule has 0 amide bonds. The molecule has 0 saturated carbocycles. The highest BCUT2D eigenvalue weighted by Gasteiger charge is 2.27. The number of benzene rings is 1. The minimum atomic E-state index is -1.42. The van der Waals surface area contributed by atoms with Crippen LogP contribution in [-0.2, 0) is 0 Å². The Hall–Kier alpha value is -2.18. The van der Waals surface area contributed by atoms with Gasteiger partial charge in [0, 0.05) is 13.1 Å². The van der Waals surface area contributed by atoms with Crippen molar-refractivity contribution < 1.29 is 19.2 Å². The van der Waals surface area contributed by atoms with Crippen LogP contribution in [-0.4, -0.2) is 29.1 Å². The highest BCUT2D eigenvalue weighted by atomic mass is 19.1. The van der Waals surface area contributed by atoms with E-state index < -0.39 is 28.0 Å². The van der Waals surface area contributed by atoms with E-state index in [-0.39, 0.29) is 5.69 Å². The number of hydrogen-bond acceptors (Lipinski definition) is 4. The highest BCUT2D eigenvalue weighted by molar-refractivity contribution is 5.93. The standard InChI is InChI=1S/C14H17FN2O4/c1-2-9-4-3-5-16(8-9)13-6-10(14(18)19)12(17(20)21)7-11(13)15/h6-7,9H,2-5,8H2,1H3,(H,18,19). The number of nitro benzene ring substituents is 1. The second-order valence-electron chi connectivity index (χ2n) is 5.25. The van der Waals surface area contributed by atoms with Crippen LogP contribution in [0.15, 0.2) is 12.1 Å². The predicted molar refractivity (Wildman–Crippen MR) is 75.2 cm³/mol. The Kier molecular flexibility index (Phi) is 4.40. The lowest BCUT2D eigenvalue weighted by Crippen LogP contribution is -2.35. The smallest absolute Gasteiger partial charge is 0.342 e. The second kappa shape index (κ2) is 6.07. The van der Waals surface area contributed by atoms with Crippen LogP contribution < -0.4 is 4.90 Å². The molecule has 1 atom stereocenters. The maximum Gasteiger partial charge on any atom is 0.342 e. The Morgan fingerprint density at radius 3 is 2.86 bits per heavy atom. The molecule has 7 heteroatoms. The molecule has 1 heterocycles. The number of piperidine rings is 1. The van der Waals surface area contributed by atoms with Gasteiger partial charge in [-0.15, -0.1) is 0 Å². The number of carboxylic acid groups (broad SMARTS) is 1. The predicted octanol–water partition coefficient (Wildman–Crippen LogP) is 3.06. The molecule has 21 heavy (non-hydrogen) atoms. The number of anilines is 1. The molecule has 0 aromatic heterocycles. The van der Waals surface area contributed by atoms with Crippen LogP contribution in [0.5, 0.6) is 0 Å². The van der Waals surface area contributed by atoms with Gasteiger partial charge in [-0.3, -0.25) is 10.1 Å². The van der Waals surface area contributed by atoms with Gasteiger partial charge in [-0.1, -0.05) is 13.3 Å². The lowest BCUT2D eigenvalue weighted by molar-refractivity contribution is -0.385. The van der Waals surface area contributed by atoms with Crippen molar-refractivity contribution >= 4 is 17.3 Å². The summed E-state index contributed by atoms with van der Waals surface area (Å²) < 4.78 is 14.1. The topological polar surface area (TPSA) is 83.7 Å². The Labute approximate surface area is 121 Å². The number of carbonyl (C=O) groups is 1. The fourth-order valence-corrected chi connectivity index (χ4v) is 2.73. The monoisotopic (exact) mass is 296 g/mol. The van der Waals surface area contributed by atoms with E-state index in [2.05, 4.69) is 6.92 Å². The zero-order valence-corrected chi connectivity index (χ0v) is 11.7. The summed E-state index contributed by atoms with van der Waals surface area (Å²) in [5, 5.41) is 19.9. The van der Waals surface area contributed by atoms with Crippen molar-refractivity contribution in [3.05, 3.63) is 33.6 Å². The zero-order chi connectivity index (χ0) is 15.6. The minimum Gasteiger partial charge on any atom is -0.477 e. The molecule has 1 aromatic carbocycles. The van der Waals surface area contributed by atoms with E-state index in [0.29, 0.717) is 25.1 Å². The summed E-state index contributed by atoms with van der Waals surface area (Å²) in [5.41, 5.74) is -1.06. The van der Waals surface area contributed by atoms with Crippen molar-refractivity contribution in [3.63, 3.8) is 0 Å². The van der Waals surface area contributed by atoms with Gasteiger partial charge in [0.2, 0.25) is 0 Å². The third-order valence-corrected chi connectivity index (χ3v) is 3.93. The molecule has 2 rings (SSSR count). The van der Waals surface area contributed by atoms with E-state index >= 15 is 0 Å². The Bertz CT molecular complexity index is 576. The lowest BCUT2D eigenvalue weighted by atomic mass is 9.95. The Morgan fingerprint density at radius 1 is 1.57 bits per heavy atom. The summed E-state index contributed by atoms with van der Waals surface area (Å²) in [4.78, 5) is 22.9. The summed E-state index contributed by atoms with van der Waals surface area (Å²) in [6, 6.07) is 1.78. The van der Waals surface area contributed by atoms with Gasteiger partial charge in [-0.05, 0) is 24.8 Å². The summed E-state index contributed by atoms with van der Waals surface area (Å²) in [7, 11) is 0. The molecule has 0 bridgehead atoms. The van der Waals surface area contributed by atoms with Crippen molar-refractivity contribution in [2.24, 2.45) is 5.92 Å². The molecule has 1 unspecified atom stereocenters. The molecule has 1 aliphatic rings. The van der Waals surface area contributed by atoms with Crippen LogP contribution in [0.4, 0.5) is 15.8 Å². The summed E-state index contributed by atoms with van der Waals surface area (Å²) in [6.07, 6.45) is 2.93. The molecule has 1 aromatic rings. The fraction of sp³-hybridized carbons (Fsp3) is 0.500. The Balaban J connectivity index is 2.42. The van der Waals surface area contributed by atoms with Crippen molar-refractivity contribution in [1.29, 1.82) is 0 Å². The minimum absolute atomic E-state index is 0.135. The largest absolute Gasteiger partial charge is 0.477 e. The molecular formula is C14H17FN2O4. The number of nitro groups is 1. The van der Waals surface area contributed by atoms with Crippen molar-refractivity contribution in [1.82, 2.24) is 0 Å². The van der Waals surface area contributed by atoms with Crippen LogP contribution in [0.25, 0.3) is 0 Å². The number of aromatic carboxylic acids is 1. The van der Waals surface area contributed by atoms with Gasteiger partial charge < -0.3 is 10.0 Å². The summed E-state index contributed by atoms with van der Waals surface area (Å²) in [5.74, 6) is -1.74. The molecule has 1 aliphatic heterocycles. The zero-order valence-electron chi connectivity index (χ0n) is 11.7. The van der Waals surface area contributed by atoms with Crippen molar-refractivity contribution in [2.45, 2.75) is 26.2 Å². The van der Waals surface area contributed by atoms with E-state index in [0.717, 1.165) is 25.3 Å². The van der Waals surface area contributed by atoms with E-state index in [4.69, 9.17) is 5.11 Å². The van der Waals surface area contributed by atoms with Crippen LogP contribution in [0.3, 0.4) is 0 Å². The number of hydrogen-bond donors (Lipinski definition) is 1. The lowest BCUT2D eigenvalue weighted by Gasteiger charge is -2.34. The van der Waals surface area contributed by atoms with Crippen LogP contribution in [0.2, 0.25) is 0 Å². The maximum atomic E-state index is 14.1. The Morgan fingerprint density at radius 2 is 2.29 bits per heavy atom. The quantitative estimate of drug-likeness (QED) is 0.682. The van der Waals surface area contributed by atoms with Crippen molar-refractivity contribution in [3.8, 4) is 0 Å². The molecular weight excluding hydrogens is 279 g/mol. The van der Waals surface area contributed by atoms with Crippen LogP contribution in [0, 0.1) is 21.8 Å². The number of carboxylic acids is 1. The van der Waals surface area contributed by atoms with Gasteiger partial charge in [-0.25, -0.2) is 9.18 Å².